The van der Waals surface area contributed by atoms with Gasteiger partial charge in [0.15, 0.2) is 5.82 Å². The summed E-state index contributed by atoms with van der Waals surface area (Å²) in [6.45, 7) is 0. The minimum Gasteiger partial charge on any atom is -0.384 e. The van der Waals surface area contributed by atoms with Crippen LogP contribution >= 0.6 is 0 Å². The molecule has 5 heteroatoms. The molecular formula is C16H11F2N3. The van der Waals surface area contributed by atoms with Crippen LogP contribution in [0, 0.1) is 11.6 Å². The van der Waals surface area contributed by atoms with E-state index in [4.69, 9.17) is 5.73 Å². The highest BCUT2D eigenvalue weighted by Crippen LogP contribution is 2.24. The molecule has 0 saturated heterocycles. The van der Waals surface area contributed by atoms with E-state index in [0.29, 0.717) is 5.69 Å². The van der Waals surface area contributed by atoms with Gasteiger partial charge in [0.1, 0.15) is 17.5 Å². The SMILES string of the molecule is Nc1cc(-c2ccccc2)nc(-c2cc(F)cc(F)c2)n1. The van der Waals surface area contributed by atoms with Gasteiger partial charge < -0.3 is 5.73 Å². The van der Waals surface area contributed by atoms with E-state index < -0.39 is 11.6 Å². The first kappa shape index (κ1) is 13.2. The molecule has 21 heavy (non-hydrogen) atoms. The molecule has 0 bridgehead atoms. The van der Waals surface area contributed by atoms with Gasteiger partial charge in [-0.2, -0.15) is 0 Å². The highest BCUT2D eigenvalue weighted by atomic mass is 19.1. The summed E-state index contributed by atoms with van der Waals surface area (Å²) in [6.07, 6.45) is 0. The van der Waals surface area contributed by atoms with E-state index in [2.05, 4.69) is 9.97 Å². The van der Waals surface area contributed by atoms with Crippen LogP contribution in [0.15, 0.2) is 54.6 Å². The lowest BCUT2D eigenvalue weighted by Gasteiger charge is -2.06. The zero-order chi connectivity index (χ0) is 14.8. The Hall–Kier alpha value is -2.82. The molecule has 0 atom stereocenters. The van der Waals surface area contributed by atoms with Crippen LogP contribution in [-0.4, -0.2) is 9.97 Å². The number of anilines is 1. The first-order chi connectivity index (χ1) is 10.1. The highest BCUT2D eigenvalue weighted by Gasteiger charge is 2.09. The van der Waals surface area contributed by atoms with E-state index in [1.165, 1.54) is 12.1 Å². The largest absolute Gasteiger partial charge is 0.384 e. The fourth-order valence-corrected chi connectivity index (χ4v) is 2.03. The standard InChI is InChI=1S/C16H11F2N3/c17-12-6-11(7-13(18)8-12)16-20-14(9-15(19)21-16)10-4-2-1-3-5-10/h1-9H,(H2,19,20,21). The molecule has 1 heterocycles. The number of hydrogen-bond acceptors (Lipinski definition) is 3. The second-order valence-electron chi connectivity index (χ2n) is 4.53. The first-order valence-corrected chi connectivity index (χ1v) is 6.28. The summed E-state index contributed by atoms with van der Waals surface area (Å²) in [7, 11) is 0. The summed E-state index contributed by atoms with van der Waals surface area (Å²) in [5.41, 5.74) is 7.47. The Balaban J connectivity index is 2.14. The average Bonchev–Trinajstić information content (AvgIpc) is 2.46. The lowest BCUT2D eigenvalue weighted by molar-refractivity contribution is 0.584. The van der Waals surface area contributed by atoms with Crippen molar-refractivity contribution < 1.29 is 8.78 Å². The van der Waals surface area contributed by atoms with Gasteiger partial charge in [-0.15, -0.1) is 0 Å². The molecule has 3 aromatic rings. The molecule has 2 N–H and O–H groups in total. The normalized spacial score (nSPS) is 10.6. The number of nitrogens with zero attached hydrogens (tertiary/aromatic N) is 2. The van der Waals surface area contributed by atoms with Crippen molar-refractivity contribution in [2.24, 2.45) is 0 Å². The zero-order valence-electron chi connectivity index (χ0n) is 10.9. The number of nitrogen functional groups attached to an aromatic ring is 1. The van der Waals surface area contributed by atoms with Gasteiger partial charge in [-0.25, -0.2) is 18.7 Å². The zero-order valence-corrected chi connectivity index (χ0v) is 10.9. The molecule has 0 unspecified atom stereocenters. The summed E-state index contributed by atoms with van der Waals surface area (Å²) in [6, 6.07) is 14.1. The van der Waals surface area contributed by atoms with Crippen LogP contribution < -0.4 is 5.73 Å². The van der Waals surface area contributed by atoms with Crippen molar-refractivity contribution in [1.29, 1.82) is 0 Å². The molecule has 3 nitrogen and oxygen atoms in total. The fraction of sp³-hybridized carbons (Fsp3) is 0. The molecule has 2 aromatic carbocycles. The second kappa shape index (κ2) is 5.28. The highest BCUT2D eigenvalue weighted by molar-refractivity contribution is 5.66. The van der Waals surface area contributed by atoms with Gasteiger partial charge in [0, 0.05) is 23.3 Å². The smallest absolute Gasteiger partial charge is 0.162 e. The molecule has 1 aromatic heterocycles. The molecule has 104 valence electrons. The molecule has 0 aliphatic carbocycles. The summed E-state index contributed by atoms with van der Waals surface area (Å²) in [5, 5.41) is 0. The summed E-state index contributed by atoms with van der Waals surface area (Å²) >= 11 is 0. The summed E-state index contributed by atoms with van der Waals surface area (Å²) in [4.78, 5) is 8.38. The van der Waals surface area contributed by atoms with Gasteiger partial charge >= 0.3 is 0 Å². The third-order valence-corrected chi connectivity index (χ3v) is 2.94. The van der Waals surface area contributed by atoms with E-state index in [1.807, 2.05) is 30.3 Å². The average molecular weight is 283 g/mol. The third kappa shape index (κ3) is 2.86. The van der Waals surface area contributed by atoms with Crippen LogP contribution in [-0.2, 0) is 0 Å². The van der Waals surface area contributed by atoms with Gasteiger partial charge in [0.25, 0.3) is 0 Å². The Bertz CT molecular complexity index is 769. The van der Waals surface area contributed by atoms with Crippen molar-refractivity contribution in [3.05, 3.63) is 66.2 Å². The molecule has 0 aliphatic rings. The molecule has 3 rings (SSSR count). The minimum absolute atomic E-state index is 0.187. The second-order valence-corrected chi connectivity index (χ2v) is 4.53. The molecule has 0 saturated carbocycles. The Labute approximate surface area is 120 Å². The van der Waals surface area contributed by atoms with Crippen LogP contribution in [0.4, 0.5) is 14.6 Å². The maximum absolute atomic E-state index is 13.3. The van der Waals surface area contributed by atoms with Crippen molar-refractivity contribution >= 4 is 5.82 Å². The van der Waals surface area contributed by atoms with Crippen LogP contribution in [0.25, 0.3) is 22.6 Å². The number of hydrogen-bond donors (Lipinski definition) is 1. The number of nitrogens with two attached hydrogens (primary N) is 1. The predicted molar refractivity (Wildman–Crippen MR) is 77.2 cm³/mol. The fourth-order valence-electron chi connectivity index (χ4n) is 2.03. The number of benzene rings is 2. The van der Waals surface area contributed by atoms with Gasteiger partial charge in [-0.3, -0.25) is 0 Å². The lowest BCUT2D eigenvalue weighted by atomic mass is 10.1. The Kier molecular flexibility index (Phi) is 3.31. The quantitative estimate of drug-likeness (QED) is 0.780. The van der Waals surface area contributed by atoms with E-state index in [9.17, 15) is 8.78 Å². The van der Waals surface area contributed by atoms with Gasteiger partial charge in [-0.05, 0) is 12.1 Å². The van der Waals surface area contributed by atoms with Gasteiger partial charge in [0.2, 0.25) is 0 Å². The molecule has 0 fully saturated rings. The molecule has 0 aliphatic heterocycles. The van der Waals surface area contributed by atoms with Crippen LogP contribution in [0.2, 0.25) is 0 Å². The van der Waals surface area contributed by atoms with Gasteiger partial charge in [0.05, 0.1) is 5.69 Å². The number of aromatic nitrogens is 2. The topological polar surface area (TPSA) is 51.8 Å². The lowest BCUT2D eigenvalue weighted by Crippen LogP contribution is -1.98. The van der Waals surface area contributed by atoms with Crippen molar-refractivity contribution in [1.82, 2.24) is 9.97 Å². The number of halogens is 2. The predicted octanol–water partition coefficient (Wildman–Crippen LogP) is 3.67. The number of rotatable bonds is 2. The summed E-state index contributed by atoms with van der Waals surface area (Å²) in [5.74, 6) is -0.939. The maximum atomic E-state index is 13.3. The van der Waals surface area contributed by atoms with E-state index >= 15 is 0 Å². The third-order valence-electron chi connectivity index (χ3n) is 2.94. The van der Waals surface area contributed by atoms with E-state index in [-0.39, 0.29) is 17.2 Å². The van der Waals surface area contributed by atoms with Crippen molar-refractivity contribution in [2.75, 3.05) is 5.73 Å². The maximum Gasteiger partial charge on any atom is 0.162 e. The van der Waals surface area contributed by atoms with E-state index in [0.717, 1.165) is 11.6 Å². The minimum atomic E-state index is -0.683. The van der Waals surface area contributed by atoms with Crippen molar-refractivity contribution in [3.8, 4) is 22.6 Å². The van der Waals surface area contributed by atoms with Crippen LogP contribution in [0.5, 0.6) is 0 Å². The first-order valence-electron chi connectivity index (χ1n) is 6.28. The monoisotopic (exact) mass is 283 g/mol. The summed E-state index contributed by atoms with van der Waals surface area (Å²) < 4.78 is 26.6. The van der Waals surface area contributed by atoms with Crippen LogP contribution in [0.1, 0.15) is 0 Å². The van der Waals surface area contributed by atoms with E-state index in [1.54, 1.807) is 6.07 Å². The Morgan fingerprint density at radius 1 is 0.762 bits per heavy atom. The Morgan fingerprint density at radius 2 is 1.43 bits per heavy atom. The molecule has 0 amide bonds. The van der Waals surface area contributed by atoms with Crippen LogP contribution in [0.3, 0.4) is 0 Å². The molecular weight excluding hydrogens is 272 g/mol. The van der Waals surface area contributed by atoms with Crippen molar-refractivity contribution in [3.63, 3.8) is 0 Å². The Morgan fingerprint density at radius 3 is 2.10 bits per heavy atom. The molecule has 0 spiro atoms. The molecule has 0 radical (unpaired) electrons. The van der Waals surface area contributed by atoms with Crippen molar-refractivity contribution in [2.45, 2.75) is 0 Å². The van der Waals surface area contributed by atoms with Gasteiger partial charge in [-0.1, -0.05) is 30.3 Å².